The zero-order valence-electron chi connectivity index (χ0n) is 9.43. The number of pyridine rings is 1. The molecular weight excluding hydrogens is 192 g/mol. The summed E-state index contributed by atoms with van der Waals surface area (Å²) in [5.41, 5.74) is 5.67. The number of rotatable bonds is 4. The molecule has 0 aliphatic carbocycles. The van der Waals surface area contributed by atoms with Crippen LogP contribution >= 0.6 is 0 Å². The minimum atomic E-state index is -0.156. The number of nitrogen functional groups attached to an aromatic ring is 1. The van der Waals surface area contributed by atoms with E-state index in [2.05, 4.69) is 0 Å². The predicted octanol–water partition coefficient (Wildman–Crippen LogP) is 1.42. The van der Waals surface area contributed by atoms with E-state index < -0.39 is 0 Å². The topological polar surface area (TPSA) is 57.2 Å². The van der Waals surface area contributed by atoms with Crippen molar-refractivity contribution in [2.24, 2.45) is 0 Å². The van der Waals surface area contributed by atoms with E-state index in [1.54, 1.807) is 22.9 Å². The van der Waals surface area contributed by atoms with Crippen molar-refractivity contribution < 1.29 is 4.74 Å². The Labute approximate surface area is 89.7 Å². The molecule has 4 nitrogen and oxygen atoms in total. The minimum Gasteiger partial charge on any atom is -0.394 e. The van der Waals surface area contributed by atoms with E-state index in [0.717, 1.165) is 0 Å². The van der Waals surface area contributed by atoms with Crippen LogP contribution in [0.3, 0.4) is 0 Å². The Hall–Kier alpha value is -1.29. The van der Waals surface area contributed by atoms with Crippen LogP contribution in [0.5, 0.6) is 0 Å². The molecule has 2 atom stereocenters. The van der Waals surface area contributed by atoms with Crippen LogP contribution in [0.15, 0.2) is 23.1 Å². The second-order valence-electron chi connectivity index (χ2n) is 3.58. The van der Waals surface area contributed by atoms with Gasteiger partial charge in [-0.05, 0) is 32.9 Å². The van der Waals surface area contributed by atoms with E-state index in [0.29, 0.717) is 6.61 Å². The Bertz CT molecular complexity index is 373. The second kappa shape index (κ2) is 4.98. The summed E-state index contributed by atoms with van der Waals surface area (Å²) >= 11 is 0. The van der Waals surface area contributed by atoms with E-state index in [-0.39, 0.29) is 23.4 Å². The molecule has 2 N–H and O–H groups in total. The molecule has 1 aromatic rings. The van der Waals surface area contributed by atoms with Crippen molar-refractivity contribution in [2.75, 3.05) is 12.3 Å². The van der Waals surface area contributed by atoms with Crippen molar-refractivity contribution >= 4 is 5.69 Å². The fourth-order valence-electron chi connectivity index (χ4n) is 1.48. The number of anilines is 1. The molecule has 0 aliphatic heterocycles. The van der Waals surface area contributed by atoms with Gasteiger partial charge in [-0.25, -0.2) is 0 Å². The van der Waals surface area contributed by atoms with Gasteiger partial charge in [0.15, 0.2) is 0 Å². The van der Waals surface area contributed by atoms with E-state index in [1.165, 1.54) is 0 Å². The van der Waals surface area contributed by atoms with Gasteiger partial charge >= 0.3 is 0 Å². The summed E-state index contributed by atoms with van der Waals surface area (Å²) < 4.78 is 7.06. The number of aromatic nitrogens is 1. The molecule has 1 heterocycles. The van der Waals surface area contributed by atoms with Crippen LogP contribution in [0.25, 0.3) is 0 Å². The quantitative estimate of drug-likeness (QED) is 0.817. The van der Waals surface area contributed by atoms with E-state index in [9.17, 15) is 4.79 Å². The van der Waals surface area contributed by atoms with Gasteiger partial charge in [-0.3, -0.25) is 4.79 Å². The molecule has 0 bridgehead atoms. The van der Waals surface area contributed by atoms with Crippen LogP contribution in [0.1, 0.15) is 26.8 Å². The average Bonchev–Trinajstić information content (AvgIpc) is 2.21. The first-order valence-corrected chi connectivity index (χ1v) is 5.16. The van der Waals surface area contributed by atoms with E-state index >= 15 is 0 Å². The summed E-state index contributed by atoms with van der Waals surface area (Å²) in [6.45, 7) is 6.47. The molecule has 0 fully saturated rings. The summed E-state index contributed by atoms with van der Waals surface area (Å²) in [5, 5.41) is 0. The van der Waals surface area contributed by atoms with Crippen molar-refractivity contribution in [3.63, 3.8) is 0 Å². The standard InChI is InChI=1S/C11H18N2O2/c1-4-15-9(3)8(2)13-7-5-6-10(12)11(13)14/h5-9H,4,12H2,1-3H3. The number of ether oxygens (including phenoxy) is 1. The van der Waals surface area contributed by atoms with Crippen LogP contribution in [-0.4, -0.2) is 17.3 Å². The van der Waals surface area contributed by atoms with Crippen molar-refractivity contribution in [3.8, 4) is 0 Å². The SMILES string of the molecule is CCOC(C)C(C)n1cccc(N)c1=O. The Morgan fingerprint density at radius 3 is 2.80 bits per heavy atom. The lowest BCUT2D eigenvalue weighted by Gasteiger charge is -2.22. The molecule has 84 valence electrons. The third-order valence-corrected chi connectivity index (χ3v) is 2.55. The predicted molar refractivity (Wildman–Crippen MR) is 60.9 cm³/mol. The molecule has 0 aromatic carbocycles. The van der Waals surface area contributed by atoms with Gasteiger partial charge in [0.25, 0.3) is 5.56 Å². The monoisotopic (exact) mass is 210 g/mol. The van der Waals surface area contributed by atoms with Crippen molar-refractivity contribution in [3.05, 3.63) is 28.7 Å². The van der Waals surface area contributed by atoms with Crippen molar-refractivity contribution in [1.82, 2.24) is 4.57 Å². The molecule has 0 saturated heterocycles. The fraction of sp³-hybridized carbons (Fsp3) is 0.545. The maximum absolute atomic E-state index is 11.7. The number of hydrogen-bond acceptors (Lipinski definition) is 3. The van der Waals surface area contributed by atoms with Gasteiger partial charge < -0.3 is 15.0 Å². The summed E-state index contributed by atoms with van der Waals surface area (Å²) in [4.78, 5) is 11.7. The molecule has 0 aliphatic rings. The zero-order valence-corrected chi connectivity index (χ0v) is 9.43. The first kappa shape index (κ1) is 11.8. The summed E-state index contributed by atoms with van der Waals surface area (Å²) in [6, 6.07) is 3.36. The first-order chi connectivity index (χ1) is 7.07. The smallest absolute Gasteiger partial charge is 0.273 e. The van der Waals surface area contributed by atoms with Crippen molar-refractivity contribution in [1.29, 1.82) is 0 Å². The Kier molecular flexibility index (Phi) is 3.91. The number of nitrogens with zero attached hydrogens (tertiary/aromatic N) is 1. The highest BCUT2D eigenvalue weighted by Crippen LogP contribution is 2.12. The molecule has 15 heavy (non-hydrogen) atoms. The van der Waals surface area contributed by atoms with Gasteiger partial charge in [-0.1, -0.05) is 0 Å². The Morgan fingerprint density at radius 1 is 1.53 bits per heavy atom. The normalized spacial score (nSPS) is 14.9. The van der Waals surface area contributed by atoms with Gasteiger partial charge in [0.1, 0.15) is 0 Å². The summed E-state index contributed by atoms with van der Waals surface area (Å²) in [7, 11) is 0. The zero-order chi connectivity index (χ0) is 11.4. The molecule has 4 heteroatoms. The van der Waals surface area contributed by atoms with Gasteiger partial charge in [0, 0.05) is 12.8 Å². The molecule has 0 radical (unpaired) electrons. The number of hydrogen-bond donors (Lipinski definition) is 1. The van der Waals surface area contributed by atoms with Crippen LogP contribution < -0.4 is 11.3 Å². The van der Waals surface area contributed by atoms with Crippen molar-refractivity contribution in [2.45, 2.75) is 32.9 Å². The first-order valence-electron chi connectivity index (χ1n) is 5.16. The molecular formula is C11H18N2O2. The molecule has 2 unspecified atom stereocenters. The highest BCUT2D eigenvalue weighted by molar-refractivity contribution is 5.33. The van der Waals surface area contributed by atoms with Crippen LogP contribution in [0.4, 0.5) is 5.69 Å². The lowest BCUT2D eigenvalue weighted by Crippen LogP contribution is -2.31. The van der Waals surface area contributed by atoms with Crippen LogP contribution in [0.2, 0.25) is 0 Å². The largest absolute Gasteiger partial charge is 0.394 e. The molecule has 1 aromatic heterocycles. The Balaban J connectivity index is 2.96. The summed E-state index contributed by atoms with van der Waals surface area (Å²) in [5.74, 6) is 0. The van der Waals surface area contributed by atoms with Crippen LogP contribution in [-0.2, 0) is 4.74 Å². The highest BCUT2D eigenvalue weighted by Gasteiger charge is 2.15. The third-order valence-electron chi connectivity index (χ3n) is 2.55. The minimum absolute atomic E-state index is 0.00509. The highest BCUT2D eigenvalue weighted by atomic mass is 16.5. The molecule has 1 rings (SSSR count). The molecule has 0 saturated carbocycles. The molecule has 0 amide bonds. The van der Waals surface area contributed by atoms with Gasteiger partial charge in [0.2, 0.25) is 0 Å². The van der Waals surface area contributed by atoms with E-state index in [1.807, 2.05) is 20.8 Å². The maximum Gasteiger partial charge on any atom is 0.273 e. The average molecular weight is 210 g/mol. The van der Waals surface area contributed by atoms with Gasteiger partial charge in [-0.15, -0.1) is 0 Å². The lowest BCUT2D eigenvalue weighted by atomic mass is 10.2. The number of nitrogens with two attached hydrogens (primary N) is 1. The fourth-order valence-corrected chi connectivity index (χ4v) is 1.48. The summed E-state index contributed by atoms with van der Waals surface area (Å²) in [6.07, 6.45) is 1.73. The maximum atomic E-state index is 11.7. The Morgan fingerprint density at radius 2 is 2.20 bits per heavy atom. The lowest BCUT2D eigenvalue weighted by molar-refractivity contribution is 0.0417. The third kappa shape index (κ3) is 2.59. The molecule has 0 spiro atoms. The van der Waals surface area contributed by atoms with Gasteiger partial charge in [-0.2, -0.15) is 0 Å². The van der Waals surface area contributed by atoms with Crippen LogP contribution in [0, 0.1) is 0 Å². The van der Waals surface area contributed by atoms with E-state index in [4.69, 9.17) is 10.5 Å². The van der Waals surface area contributed by atoms with Gasteiger partial charge in [0.05, 0.1) is 17.8 Å². The second-order valence-corrected chi connectivity index (χ2v) is 3.58.